The van der Waals surface area contributed by atoms with Crippen molar-refractivity contribution in [1.82, 2.24) is 15.0 Å². The first-order chi connectivity index (χ1) is 10.2. The van der Waals surface area contributed by atoms with Gasteiger partial charge in [-0.3, -0.25) is 9.78 Å². The number of nitrogens with one attached hydrogen (secondary N) is 1. The van der Waals surface area contributed by atoms with Crippen LogP contribution in [-0.2, 0) is 4.74 Å². The quantitative estimate of drug-likeness (QED) is 0.924. The summed E-state index contributed by atoms with van der Waals surface area (Å²) in [5.74, 6) is 1.23. The van der Waals surface area contributed by atoms with Crippen LogP contribution in [0.25, 0.3) is 0 Å². The van der Waals surface area contributed by atoms with Crippen LogP contribution in [0.1, 0.15) is 16.2 Å². The molecule has 1 saturated heterocycles. The van der Waals surface area contributed by atoms with E-state index in [4.69, 9.17) is 9.26 Å². The standard InChI is InChI=1S/C14H16N4O3/c1-10-8-13(17-21-10)16-11-2-3-15-12(9-11)14(19)18-4-6-20-7-5-18/h2-3,8-9H,4-7H2,1H3,(H,15,16,17). The minimum absolute atomic E-state index is 0.0849. The molecule has 1 aliphatic heterocycles. The monoisotopic (exact) mass is 288 g/mol. The van der Waals surface area contributed by atoms with Crippen molar-refractivity contribution in [3.8, 4) is 0 Å². The maximum atomic E-state index is 12.4. The fraction of sp³-hybridized carbons (Fsp3) is 0.357. The molecule has 0 aliphatic carbocycles. The number of rotatable bonds is 3. The van der Waals surface area contributed by atoms with Crippen LogP contribution in [0, 0.1) is 6.92 Å². The number of nitrogens with zero attached hydrogens (tertiary/aromatic N) is 3. The van der Waals surface area contributed by atoms with Crippen LogP contribution in [0.15, 0.2) is 28.9 Å². The van der Waals surface area contributed by atoms with Crippen molar-refractivity contribution in [3.05, 3.63) is 35.9 Å². The summed E-state index contributed by atoms with van der Waals surface area (Å²) in [6.07, 6.45) is 1.60. The summed E-state index contributed by atoms with van der Waals surface area (Å²) in [6, 6.07) is 5.27. The summed E-state index contributed by atoms with van der Waals surface area (Å²) in [7, 11) is 0. The second-order valence-electron chi connectivity index (χ2n) is 4.78. The van der Waals surface area contributed by atoms with E-state index in [9.17, 15) is 4.79 Å². The van der Waals surface area contributed by atoms with Gasteiger partial charge in [-0.15, -0.1) is 0 Å². The van der Waals surface area contributed by atoms with Gasteiger partial charge >= 0.3 is 0 Å². The molecule has 0 aromatic carbocycles. The molecule has 2 aromatic heterocycles. The number of ether oxygens (including phenoxy) is 1. The lowest BCUT2D eigenvalue weighted by Gasteiger charge is -2.26. The smallest absolute Gasteiger partial charge is 0.272 e. The van der Waals surface area contributed by atoms with Gasteiger partial charge in [0.2, 0.25) is 0 Å². The lowest BCUT2D eigenvalue weighted by atomic mass is 10.2. The first-order valence-electron chi connectivity index (χ1n) is 6.76. The summed E-state index contributed by atoms with van der Waals surface area (Å²) in [5, 5.41) is 6.94. The number of anilines is 2. The molecule has 0 spiro atoms. The first kappa shape index (κ1) is 13.6. The van der Waals surface area contributed by atoms with Gasteiger partial charge in [-0.25, -0.2) is 0 Å². The Bertz CT molecular complexity index is 635. The number of aromatic nitrogens is 2. The van der Waals surface area contributed by atoms with Gasteiger partial charge in [0.1, 0.15) is 11.5 Å². The average molecular weight is 288 g/mol. The molecule has 1 N–H and O–H groups in total. The van der Waals surface area contributed by atoms with Gasteiger partial charge in [-0.2, -0.15) is 0 Å². The maximum Gasteiger partial charge on any atom is 0.272 e. The third-order valence-corrected chi connectivity index (χ3v) is 3.18. The number of hydrogen-bond donors (Lipinski definition) is 1. The molecule has 110 valence electrons. The van der Waals surface area contributed by atoms with Gasteiger partial charge in [-0.05, 0) is 19.1 Å². The molecule has 7 heteroatoms. The number of pyridine rings is 1. The van der Waals surface area contributed by atoms with Crippen LogP contribution < -0.4 is 5.32 Å². The largest absolute Gasteiger partial charge is 0.378 e. The van der Waals surface area contributed by atoms with Crippen molar-refractivity contribution < 1.29 is 14.1 Å². The van der Waals surface area contributed by atoms with Gasteiger partial charge in [-0.1, -0.05) is 5.16 Å². The van der Waals surface area contributed by atoms with E-state index in [1.54, 1.807) is 29.3 Å². The van der Waals surface area contributed by atoms with Crippen LogP contribution in [0.5, 0.6) is 0 Å². The summed E-state index contributed by atoms with van der Waals surface area (Å²) >= 11 is 0. The highest BCUT2D eigenvalue weighted by Gasteiger charge is 2.19. The van der Waals surface area contributed by atoms with E-state index in [2.05, 4.69) is 15.5 Å². The normalized spacial score (nSPS) is 15.0. The third kappa shape index (κ3) is 3.19. The highest BCUT2D eigenvalue weighted by atomic mass is 16.5. The van der Waals surface area contributed by atoms with Crippen LogP contribution in [0.3, 0.4) is 0 Å². The summed E-state index contributed by atoms with van der Waals surface area (Å²) in [4.78, 5) is 18.2. The van der Waals surface area contributed by atoms with Gasteiger partial charge in [0, 0.05) is 31.0 Å². The van der Waals surface area contributed by atoms with E-state index in [1.165, 1.54) is 0 Å². The second-order valence-corrected chi connectivity index (χ2v) is 4.78. The maximum absolute atomic E-state index is 12.4. The first-order valence-corrected chi connectivity index (χ1v) is 6.76. The van der Waals surface area contributed by atoms with E-state index in [1.807, 2.05) is 6.92 Å². The molecule has 0 atom stereocenters. The average Bonchev–Trinajstić information content (AvgIpc) is 2.93. The number of amides is 1. The molecule has 2 aromatic rings. The molecule has 0 radical (unpaired) electrons. The highest BCUT2D eigenvalue weighted by molar-refractivity contribution is 5.93. The lowest BCUT2D eigenvalue weighted by molar-refractivity contribution is 0.0299. The zero-order valence-corrected chi connectivity index (χ0v) is 11.7. The molecule has 7 nitrogen and oxygen atoms in total. The molecule has 1 fully saturated rings. The minimum Gasteiger partial charge on any atom is -0.378 e. The van der Waals surface area contributed by atoms with Gasteiger partial charge < -0.3 is 19.5 Å². The van der Waals surface area contributed by atoms with Crippen molar-refractivity contribution in [3.63, 3.8) is 0 Å². The Morgan fingerprint density at radius 1 is 1.33 bits per heavy atom. The summed E-state index contributed by atoms with van der Waals surface area (Å²) in [6.45, 7) is 4.16. The second kappa shape index (κ2) is 5.92. The molecule has 3 heterocycles. The fourth-order valence-corrected chi connectivity index (χ4v) is 2.13. The zero-order valence-electron chi connectivity index (χ0n) is 11.7. The summed E-state index contributed by atoms with van der Waals surface area (Å²) in [5.41, 5.74) is 1.15. The van der Waals surface area contributed by atoms with Crippen molar-refractivity contribution in [2.75, 3.05) is 31.6 Å². The SMILES string of the molecule is Cc1cc(Nc2ccnc(C(=O)N3CCOCC3)c2)no1. The number of aryl methyl sites for hydroxylation is 1. The van der Waals surface area contributed by atoms with Crippen LogP contribution >= 0.6 is 0 Å². The molecule has 0 bridgehead atoms. The molecule has 0 unspecified atom stereocenters. The van der Waals surface area contributed by atoms with Gasteiger partial charge in [0.15, 0.2) is 5.82 Å². The molecule has 3 rings (SSSR count). The molecule has 21 heavy (non-hydrogen) atoms. The van der Waals surface area contributed by atoms with Gasteiger partial charge in [0.25, 0.3) is 5.91 Å². The zero-order chi connectivity index (χ0) is 14.7. The predicted molar refractivity (Wildman–Crippen MR) is 75.5 cm³/mol. The topological polar surface area (TPSA) is 80.5 Å². The van der Waals surface area contributed by atoms with Crippen molar-refractivity contribution in [2.24, 2.45) is 0 Å². The van der Waals surface area contributed by atoms with Crippen molar-refractivity contribution in [2.45, 2.75) is 6.92 Å². The Hall–Kier alpha value is -2.41. The van der Waals surface area contributed by atoms with Crippen LogP contribution in [0.4, 0.5) is 11.5 Å². The summed E-state index contributed by atoms with van der Waals surface area (Å²) < 4.78 is 10.2. The Morgan fingerprint density at radius 2 is 2.14 bits per heavy atom. The van der Waals surface area contributed by atoms with Crippen molar-refractivity contribution >= 4 is 17.4 Å². The minimum atomic E-state index is -0.0849. The number of morpholine rings is 1. The molecule has 0 saturated carbocycles. The Balaban J connectivity index is 1.74. The Kier molecular flexibility index (Phi) is 3.83. The van der Waals surface area contributed by atoms with E-state index < -0.39 is 0 Å². The Labute approximate surface area is 121 Å². The third-order valence-electron chi connectivity index (χ3n) is 3.18. The fourth-order valence-electron chi connectivity index (χ4n) is 2.13. The van der Waals surface area contributed by atoms with E-state index >= 15 is 0 Å². The van der Waals surface area contributed by atoms with Crippen LogP contribution in [-0.4, -0.2) is 47.3 Å². The number of carbonyl (C=O) groups is 1. The van der Waals surface area contributed by atoms with Gasteiger partial charge in [0.05, 0.1) is 13.2 Å². The molecule has 1 aliphatic rings. The number of carbonyl (C=O) groups excluding carboxylic acids is 1. The van der Waals surface area contributed by atoms with Crippen molar-refractivity contribution in [1.29, 1.82) is 0 Å². The van der Waals surface area contributed by atoms with E-state index in [0.29, 0.717) is 37.8 Å². The molecular formula is C14H16N4O3. The predicted octanol–water partition coefficient (Wildman–Crippen LogP) is 1.59. The lowest BCUT2D eigenvalue weighted by Crippen LogP contribution is -2.41. The molecule has 1 amide bonds. The van der Waals surface area contributed by atoms with E-state index in [-0.39, 0.29) is 5.91 Å². The van der Waals surface area contributed by atoms with Crippen LogP contribution in [0.2, 0.25) is 0 Å². The number of hydrogen-bond acceptors (Lipinski definition) is 6. The molecular weight excluding hydrogens is 272 g/mol. The Morgan fingerprint density at radius 3 is 2.86 bits per heavy atom. The highest BCUT2D eigenvalue weighted by Crippen LogP contribution is 2.17. The van der Waals surface area contributed by atoms with E-state index in [0.717, 1.165) is 11.4 Å².